The number of aryl methyl sites for hydroxylation is 2. The molecule has 2 saturated heterocycles. The van der Waals surface area contributed by atoms with Crippen molar-refractivity contribution in [1.82, 2.24) is 14.9 Å². The summed E-state index contributed by atoms with van der Waals surface area (Å²) in [5.41, 5.74) is 1.82. The van der Waals surface area contributed by atoms with Gasteiger partial charge in [-0.2, -0.15) is 4.31 Å². The van der Waals surface area contributed by atoms with Crippen LogP contribution in [0.25, 0.3) is 0 Å². The third-order valence-corrected chi connectivity index (χ3v) is 7.26. The zero-order chi connectivity index (χ0) is 18.0. The molecule has 1 aromatic carbocycles. The number of nitrogens with zero attached hydrogens (tertiary/aromatic N) is 1. The van der Waals surface area contributed by atoms with Gasteiger partial charge in [0.2, 0.25) is 15.9 Å². The largest absolute Gasteiger partial charge is 0.355 e. The summed E-state index contributed by atoms with van der Waals surface area (Å²) in [5.74, 6) is 0.517. The van der Waals surface area contributed by atoms with E-state index in [-0.39, 0.29) is 11.8 Å². The lowest BCUT2D eigenvalue weighted by molar-refractivity contribution is -0.126. The van der Waals surface area contributed by atoms with Gasteiger partial charge in [-0.1, -0.05) is 17.7 Å². The van der Waals surface area contributed by atoms with E-state index in [0.29, 0.717) is 43.3 Å². The second-order valence-electron chi connectivity index (χ2n) is 7.22. The first kappa shape index (κ1) is 18.4. The summed E-state index contributed by atoms with van der Waals surface area (Å²) in [4.78, 5) is 12.6. The lowest BCUT2D eigenvalue weighted by Gasteiger charge is -2.32. The summed E-state index contributed by atoms with van der Waals surface area (Å²) >= 11 is 0. The lowest BCUT2D eigenvalue weighted by atomic mass is 9.96. The maximum atomic E-state index is 12.9. The second kappa shape index (κ2) is 7.43. The third-order valence-electron chi connectivity index (χ3n) is 5.20. The van der Waals surface area contributed by atoms with Crippen LogP contribution in [0.1, 0.15) is 24.0 Å². The zero-order valence-corrected chi connectivity index (χ0v) is 15.7. The van der Waals surface area contributed by atoms with Gasteiger partial charge in [0.15, 0.2) is 0 Å². The Balaban J connectivity index is 1.58. The molecule has 138 valence electrons. The Bertz CT molecular complexity index is 736. The number of amides is 1. The number of hydrogen-bond donors (Lipinski definition) is 2. The number of hydrogen-bond acceptors (Lipinski definition) is 4. The summed E-state index contributed by atoms with van der Waals surface area (Å²) in [6, 6.07) is 5.41. The SMILES string of the molecule is Cc1ccc(S(=O)(=O)N2CCC(C(=O)NCC3CNC3)CC2)c(C)c1. The van der Waals surface area contributed by atoms with Gasteiger partial charge in [0.1, 0.15) is 0 Å². The number of sulfonamides is 1. The van der Waals surface area contributed by atoms with E-state index in [2.05, 4.69) is 10.6 Å². The van der Waals surface area contributed by atoms with Crippen LogP contribution in [0.3, 0.4) is 0 Å². The quantitative estimate of drug-likeness (QED) is 0.817. The van der Waals surface area contributed by atoms with Crippen molar-refractivity contribution in [3.8, 4) is 0 Å². The summed E-state index contributed by atoms with van der Waals surface area (Å²) in [6.07, 6.45) is 1.16. The van der Waals surface area contributed by atoms with Gasteiger partial charge in [-0.05, 0) is 38.3 Å². The van der Waals surface area contributed by atoms with Crippen LogP contribution in [-0.2, 0) is 14.8 Å². The van der Waals surface area contributed by atoms with Crippen molar-refractivity contribution in [2.75, 3.05) is 32.7 Å². The van der Waals surface area contributed by atoms with Crippen LogP contribution >= 0.6 is 0 Å². The molecule has 2 N–H and O–H groups in total. The Morgan fingerprint density at radius 2 is 1.92 bits per heavy atom. The van der Waals surface area contributed by atoms with Crippen LogP contribution in [0.5, 0.6) is 0 Å². The second-order valence-corrected chi connectivity index (χ2v) is 9.12. The Hall–Kier alpha value is -1.44. The maximum Gasteiger partial charge on any atom is 0.243 e. The molecule has 2 aliphatic rings. The van der Waals surface area contributed by atoms with Crippen LogP contribution in [0.15, 0.2) is 23.1 Å². The van der Waals surface area contributed by atoms with Crippen molar-refractivity contribution in [3.05, 3.63) is 29.3 Å². The fraction of sp³-hybridized carbons (Fsp3) is 0.611. The molecule has 0 saturated carbocycles. The highest BCUT2D eigenvalue weighted by Crippen LogP contribution is 2.26. The van der Waals surface area contributed by atoms with E-state index in [1.54, 1.807) is 6.07 Å². The van der Waals surface area contributed by atoms with Gasteiger partial charge in [0.05, 0.1) is 4.90 Å². The van der Waals surface area contributed by atoms with E-state index in [1.165, 1.54) is 4.31 Å². The van der Waals surface area contributed by atoms with Crippen LogP contribution in [-0.4, -0.2) is 51.4 Å². The van der Waals surface area contributed by atoms with Crippen LogP contribution in [0, 0.1) is 25.7 Å². The van der Waals surface area contributed by atoms with E-state index in [0.717, 1.165) is 24.2 Å². The Morgan fingerprint density at radius 1 is 1.24 bits per heavy atom. The number of rotatable bonds is 5. The first-order valence-corrected chi connectivity index (χ1v) is 10.4. The smallest absolute Gasteiger partial charge is 0.243 e. The minimum Gasteiger partial charge on any atom is -0.355 e. The zero-order valence-electron chi connectivity index (χ0n) is 14.9. The van der Waals surface area contributed by atoms with E-state index in [1.807, 2.05) is 26.0 Å². The number of benzene rings is 1. The molecule has 6 nitrogen and oxygen atoms in total. The highest BCUT2D eigenvalue weighted by atomic mass is 32.2. The van der Waals surface area contributed by atoms with Gasteiger partial charge in [0.25, 0.3) is 0 Å². The summed E-state index contributed by atoms with van der Waals surface area (Å²) in [7, 11) is -3.49. The molecule has 0 unspecified atom stereocenters. The molecule has 7 heteroatoms. The van der Waals surface area contributed by atoms with Crippen LogP contribution in [0.4, 0.5) is 0 Å². The predicted molar refractivity (Wildman–Crippen MR) is 96.8 cm³/mol. The van der Waals surface area contributed by atoms with E-state index in [4.69, 9.17) is 0 Å². The molecule has 0 bridgehead atoms. The molecule has 2 heterocycles. The Labute approximate surface area is 150 Å². The number of piperidine rings is 1. The number of carbonyl (C=O) groups is 1. The normalized spacial score (nSPS) is 20.2. The van der Waals surface area contributed by atoms with Crippen molar-refractivity contribution in [3.63, 3.8) is 0 Å². The molecule has 1 amide bonds. The van der Waals surface area contributed by atoms with E-state index >= 15 is 0 Å². The molecular weight excluding hydrogens is 338 g/mol. The molecule has 1 aromatic rings. The highest BCUT2D eigenvalue weighted by Gasteiger charge is 2.33. The molecule has 2 fully saturated rings. The third kappa shape index (κ3) is 4.04. The topological polar surface area (TPSA) is 78.5 Å². The van der Waals surface area contributed by atoms with E-state index < -0.39 is 10.0 Å². The van der Waals surface area contributed by atoms with Crippen LogP contribution in [0.2, 0.25) is 0 Å². The fourth-order valence-corrected chi connectivity index (χ4v) is 5.14. The minimum atomic E-state index is -3.49. The lowest BCUT2D eigenvalue weighted by Crippen LogP contribution is -2.50. The van der Waals surface area contributed by atoms with Crippen molar-refractivity contribution >= 4 is 15.9 Å². The Kier molecular flexibility index (Phi) is 5.46. The van der Waals surface area contributed by atoms with Gasteiger partial charge in [-0.25, -0.2) is 8.42 Å². The Morgan fingerprint density at radius 3 is 2.48 bits per heavy atom. The van der Waals surface area contributed by atoms with Gasteiger partial charge < -0.3 is 10.6 Å². The number of nitrogens with one attached hydrogen (secondary N) is 2. The molecule has 25 heavy (non-hydrogen) atoms. The molecule has 0 aromatic heterocycles. The fourth-order valence-electron chi connectivity index (χ4n) is 3.47. The van der Waals surface area contributed by atoms with Crippen molar-refractivity contribution < 1.29 is 13.2 Å². The van der Waals surface area contributed by atoms with Crippen molar-refractivity contribution in [2.45, 2.75) is 31.6 Å². The molecule has 2 aliphatic heterocycles. The molecular formula is C18H27N3O3S. The first-order valence-electron chi connectivity index (χ1n) is 8.94. The average Bonchev–Trinajstić information content (AvgIpc) is 2.53. The van der Waals surface area contributed by atoms with Crippen LogP contribution < -0.4 is 10.6 Å². The monoisotopic (exact) mass is 365 g/mol. The molecule has 0 atom stereocenters. The average molecular weight is 365 g/mol. The van der Waals surface area contributed by atoms with Crippen molar-refractivity contribution in [2.24, 2.45) is 11.8 Å². The molecule has 0 aliphatic carbocycles. The van der Waals surface area contributed by atoms with E-state index in [9.17, 15) is 13.2 Å². The summed E-state index contributed by atoms with van der Waals surface area (Å²) in [5, 5.41) is 6.19. The van der Waals surface area contributed by atoms with Gasteiger partial charge in [-0.3, -0.25) is 4.79 Å². The minimum absolute atomic E-state index is 0.0652. The molecule has 0 radical (unpaired) electrons. The first-order chi connectivity index (χ1) is 11.9. The predicted octanol–water partition coefficient (Wildman–Crippen LogP) is 1.04. The van der Waals surface area contributed by atoms with Gasteiger partial charge >= 0.3 is 0 Å². The standard InChI is InChI=1S/C18H27N3O3S/c1-13-3-4-17(14(2)9-13)25(23,24)21-7-5-16(6-8-21)18(22)20-12-15-10-19-11-15/h3-4,9,15-16,19H,5-8,10-12H2,1-2H3,(H,20,22). The van der Waals surface area contributed by atoms with Gasteiger partial charge in [0, 0.05) is 44.6 Å². The van der Waals surface area contributed by atoms with Gasteiger partial charge in [-0.15, -0.1) is 0 Å². The highest BCUT2D eigenvalue weighted by molar-refractivity contribution is 7.89. The number of carbonyl (C=O) groups excluding carboxylic acids is 1. The summed E-state index contributed by atoms with van der Waals surface area (Å²) < 4.78 is 27.3. The van der Waals surface area contributed by atoms with Crippen molar-refractivity contribution in [1.29, 1.82) is 0 Å². The summed E-state index contributed by atoms with van der Waals surface area (Å²) in [6.45, 7) is 7.23. The molecule has 3 rings (SSSR count). The maximum absolute atomic E-state index is 12.9. The molecule has 0 spiro atoms.